The molecule has 0 fully saturated rings. The molecule has 0 bridgehead atoms. The van der Waals surface area contributed by atoms with Crippen LogP contribution >= 0.6 is 0 Å². The Balaban J connectivity index is 2.77. The third-order valence-corrected chi connectivity index (χ3v) is 3.27. The van der Waals surface area contributed by atoms with E-state index in [9.17, 15) is 9.90 Å². The van der Waals surface area contributed by atoms with Crippen molar-refractivity contribution >= 4 is 5.97 Å². The fourth-order valence-corrected chi connectivity index (χ4v) is 2.10. The molecule has 1 aromatic carbocycles. The molecule has 0 amide bonds. The van der Waals surface area contributed by atoms with E-state index < -0.39 is 6.10 Å². The first-order chi connectivity index (χ1) is 9.61. The molecular formula is C17H26O4. The Morgan fingerprint density at radius 1 is 1.33 bits per heavy atom. The lowest BCUT2D eigenvalue weighted by Gasteiger charge is -2.22. The molecule has 1 aromatic rings. The van der Waals surface area contributed by atoms with Gasteiger partial charge in [0.2, 0.25) is 0 Å². The monoisotopic (exact) mass is 294 g/mol. The summed E-state index contributed by atoms with van der Waals surface area (Å²) in [5, 5.41) is 19.2. The summed E-state index contributed by atoms with van der Waals surface area (Å²) >= 11 is 0. The lowest BCUT2D eigenvalue weighted by Crippen LogP contribution is -2.16. The number of hydrogen-bond donors (Lipinski definition) is 2. The fourth-order valence-electron chi connectivity index (χ4n) is 2.10. The Kier molecular flexibility index (Phi) is 5.78. The summed E-state index contributed by atoms with van der Waals surface area (Å²) in [6.07, 6.45) is 0.181. The van der Waals surface area contributed by atoms with Crippen molar-refractivity contribution < 1.29 is 19.7 Å². The van der Waals surface area contributed by atoms with Crippen LogP contribution in [-0.4, -0.2) is 28.9 Å². The van der Waals surface area contributed by atoms with Crippen LogP contribution in [0.5, 0.6) is 5.75 Å². The number of benzene rings is 1. The summed E-state index contributed by atoms with van der Waals surface area (Å²) in [4.78, 5) is 11.6. The van der Waals surface area contributed by atoms with Gasteiger partial charge in [0.05, 0.1) is 6.10 Å². The first-order valence-electron chi connectivity index (χ1n) is 7.28. The number of phenolic OH excluding ortho intramolecular Hbond substituents is 1. The highest BCUT2D eigenvalue weighted by atomic mass is 16.5. The van der Waals surface area contributed by atoms with E-state index in [0.717, 1.165) is 16.7 Å². The Bertz CT molecular complexity index is 498. The normalized spacial score (nSPS) is 13.0. The number of aryl methyl sites for hydroxylation is 2. The van der Waals surface area contributed by atoms with Gasteiger partial charge in [0.1, 0.15) is 12.4 Å². The summed E-state index contributed by atoms with van der Waals surface area (Å²) in [6, 6.07) is 3.84. The van der Waals surface area contributed by atoms with E-state index in [1.807, 2.05) is 39.8 Å². The van der Waals surface area contributed by atoms with Crippen LogP contribution in [0, 0.1) is 6.92 Å². The second kappa shape index (κ2) is 6.94. The van der Waals surface area contributed by atoms with Gasteiger partial charge < -0.3 is 14.9 Å². The maximum Gasteiger partial charge on any atom is 0.306 e. The largest absolute Gasteiger partial charge is 0.507 e. The minimum absolute atomic E-state index is 0.0285. The summed E-state index contributed by atoms with van der Waals surface area (Å²) in [5.41, 5.74) is 2.55. The van der Waals surface area contributed by atoms with Crippen molar-refractivity contribution in [1.82, 2.24) is 0 Å². The van der Waals surface area contributed by atoms with Gasteiger partial charge in [-0.25, -0.2) is 0 Å². The SMILES string of the molecule is Cc1cc(CCC(=O)OCC(C)O)cc(C(C)(C)C)c1O. The molecule has 1 unspecified atom stereocenters. The van der Waals surface area contributed by atoms with Gasteiger partial charge in [-0.1, -0.05) is 32.9 Å². The second-order valence-corrected chi connectivity index (χ2v) is 6.59. The van der Waals surface area contributed by atoms with Crippen molar-refractivity contribution in [3.63, 3.8) is 0 Å². The molecule has 0 spiro atoms. The lowest BCUT2D eigenvalue weighted by molar-refractivity contribution is -0.146. The first-order valence-corrected chi connectivity index (χ1v) is 7.28. The van der Waals surface area contributed by atoms with E-state index in [0.29, 0.717) is 12.2 Å². The van der Waals surface area contributed by atoms with Gasteiger partial charge in [0.15, 0.2) is 0 Å². The number of carbonyl (C=O) groups is 1. The molecule has 1 rings (SSSR count). The summed E-state index contributed by atoms with van der Waals surface area (Å²) in [7, 11) is 0. The van der Waals surface area contributed by atoms with Gasteiger partial charge in [0, 0.05) is 6.42 Å². The highest BCUT2D eigenvalue weighted by molar-refractivity contribution is 5.69. The smallest absolute Gasteiger partial charge is 0.306 e. The number of aliphatic hydroxyl groups is 1. The zero-order valence-corrected chi connectivity index (χ0v) is 13.6. The Labute approximate surface area is 126 Å². The van der Waals surface area contributed by atoms with E-state index in [2.05, 4.69) is 0 Å². The first kappa shape index (κ1) is 17.5. The fraction of sp³-hybridized carbons (Fsp3) is 0.588. The third kappa shape index (κ3) is 5.38. The van der Waals surface area contributed by atoms with Crippen molar-refractivity contribution in [3.8, 4) is 5.75 Å². The Hall–Kier alpha value is -1.55. The number of aromatic hydroxyl groups is 1. The van der Waals surface area contributed by atoms with Gasteiger partial charge in [-0.2, -0.15) is 0 Å². The molecule has 0 saturated carbocycles. The van der Waals surface area contributed by atoms with E-state index in [-0.39, 0.29) is 24.4 Å². The van der Waals surface area contributed by atoms with Crippen LogP contribution in [-0.2, 0) is 21.4 Å². The highest BCUT2D eigenvalue weighted by Gasteiger charge is 2.20. The number of carbonyl (C=O) groups excluding carboxylic acids is 1. The molecule has 4 heteroatoms. The number of phenols is 1. The minimum atomic E-state index is -0.641. The van der Waals surface area contributed by atoms with Crippen molar-refractivity contribution in [2.45, 2.75) is 59.0 Å². The molecule has 2 N–H and O–H groups in total. The number of rotatable bonds is 5. The Morgan fingerprint density at radius 2 is 1.95 bits per heavy atom. The van der Waals surface area contributed by atoms with E-state index in [4.69, 9.17) is 9.84 Å². The van der Waals surface area contributed by atoms with Gasteiger partial charge in [-0.05, 0) is 42.4 Å². The number of hydrogen-bond acceptors (Lipinski definition) is 4. The van der Waals surface area contributed by atoms with Crippen LogP contribution in [0.3, 0.4) is 0 Å². The molecule has 0 aliphatic heterocycles. The second-order valence-electron chi connectivity index (χ2n) is 6.59. The summed E-state index contributed by atoms with van der Waals surface area (Å²) in [6.45, 7) is 9.60. The van der Waals surface area contributed by atoms with Gasteiger partial charge in [-0.15, -0.1) is 0 Å². The van der Waals surface area contributed by atoms with E-state index >= 15 is 0 Å². The quantitative estimate of drug-likeness (QED) is 0.820. The van der Waals surface area contributed by atoms with Gasteiger partial charge in [-0.3, -0.25) is 4.79 Å². The topological polar surface area (TPSA) is 66.8 Å². The van der Waals surface area contributed by atoms with Crippen LogP contribution in [0.4, 0.5) is 0 Å². The highest BCUT2D eigenvalue weighted by Crippen LogP contribution is 2.34. The number of aliphatic hydroxyl groups excluding tert-OH is 1. The average Bonchev–Trinajstić information content (AvgIpc) is 2.36. The third-order valence-electron chi connectivity index (χ3n) is 3.27. The van der Waals surface area contributed by atoms with Gasteiger partial charge >= 0.3 is 5.97 Å². The standard InChI is InChI=1S/C17H26O4/c1-11-8-13(6-7-15(19)21-10-12(2)18)9-14(16(11)20)17(3,4)5/h8-9,12,18,20H,6-7,10H2,1-5H3. The van der Waals surface area contributed by atoms with Crippen molar-refractivity contribution in [3.05, 3.63) is 28.8 Å². The lowest BCUT2D eigenvalue weighted by atomic mass is 9.83. The van der Waals surface area contributed by atoms with E-state index in [1.54, 1.807) is 6.92 Å². The van der Waals surface area contributed by atoms with Crippen LogP contribution in [0.2, 0.25) is 0 Å². The van der Waals surface area contributed by atoms with Gasteiger partial charge in [0.25, 0.3) is 0 Å². The van der Waals surface area contributed by atoms with Crippen LogP contribution in [0.15, 0.2) is 12.1 Å². The molecule has 0 aliphatic carbocycles. The molecule has 4 nitrogen and oxygen atoms in total. The maximum absolute atomic E-state index is 11.6. The molecule has 1 atom stereocenters. The molecule has 0 saturated heterocycles. The molecular weight excluding hydrogens is 268 g/mol. The van der Waals surface area contributed by atoms with Crippen LogP contribution < -0.4 is 0 Å². The predicted octanol–water partition coefficient (Wildman–Crippen LogP) is 2.85. The minimum Gasteiger partial charge on any atom is -0.507 e. The molecule has 118 valence electrons. The maximum atomic E-state index is 11.6. The summed E-state index contributed by atoms with van der Waals surface area (Å²) in [5.74, 6) is 0.00173. The van der Waals surface area contributed by atoms with Crippen molar-refractivity contribution in [1.29, 1.82) is 0 Å². The summed E-state index contributed by atoms with van der Waals surface area (Å²) < 4.78 is 4.94. The number of esters is 1. The van der Waals surface area contributed by atoms with E-state index in [1.165, 1.54) is 0 Å². The molecule has 0 radical (unpaired) electrons. The molecule has 21 heavy (non-hydrogen) atoms. The Morgan fingerprint density at radius 3 is 2.48 bits per heavy atom. The van der Waals surface area contributed by atoms with Crippen molar-refractivity contribution in [2.24, 2.45) is 0 Å². The molecule has 0 heterocycles. The zero-order valence-electron chi connectivity index (χ0n) is 13.6. The number of ether oxygens (including phenoxy) is 1. The average molecular weight is 294 g/mol. The van der Waals surface area contributed by atoms with Crippen LogP contribution in [0.1, 0.15) is 50.8 Å². The van der Waals surface area contributed by atoms with Crippen LogP contribution in [0.25, 0.3) is 0 Å². The van der Waals surface area contributed by atoms with Crippen molar-refractivity contribution in [2.75, 3.05) is 6.61 Å². The zero-order chi connectivity index (χ0) is 16.2. The molecule has 0 aromatic heterocycles. The molecule has 0 aliphatic rings. The predicted molar refractivity (Wildman–Crippen MR) is 82.5 cm³/mol.